The van der Waals surface area contributed by atoms with Crippen molar-refractivity contribution < 1.29 is 4.79 Å². The summed E-state index contributed by atoms with van der Waals surface area (Å²) in [5, 5.41) is 2.94. The lowest BCUT2D eigenvalue weighted by atomic mass is 9.97. The molecule has 104 valence electrons. The first kappa shape index (κ1) is 14.7. The van der Waals surface area contributed by atoms with Gasteiger partial charge in [-0.25, -0.2) is 4.98 Å². The summed E-state index contributed by atoms with van der Waals surface area (Å²) < 4.78 is 0.856. The highest BCUT2D eigenvalue weighted by molar-refractivity contribution is 9.10. The number of nitrogens with one attached hydrogen (secondary N) is 1. The molecule has 1 amide bonds. The molecule has 0 bridgehead atoms. The standard InChI is InChI=1S/C16H17BrN2O/c1-3-11(2)13-6-4-5-7-14(13)19-16(20)15-9-8-12(17)10-18-15/h4-11H,3H2,1-2H3,(H,19,20). The van der Waals surface area contributed by atoms with Crippen LogP contribution < -0.4 is 5.32 Å². The van der Waals surface area contributed by atoms with E-state index in [4.69, 9.17) is 0 Å². The molecule has 0 saturated heterocycles. The van der Waals surface area contributed by atoms with Gasteiger partial charge in [0.2, 0.25) is 0 Å². The summed E-state index contributed by atoms with van der Waals surface area (Å²) in [6.45, 7) is 4.29. The lowest BCUT2D eigenvalue weighted by molar-refractivity contribution is 0.102. The Labute approximate surface area is 127 Å². The number of nitrogens with zero attached hydrogens (tertiary/aromatic N) is 1. The van der Waals surface area contributed by atoms with Gasteiger partial charge in [-0.1, -0.05) is 32.0 Å². The second-order valence-corrected chi connectivity index (χ2v) is 5.63. The van der Waals surface area contributed by atoms with Gasteiger partial charge in [0.1, 0.15) is 5.69 Å². The Kier molecular flexibility index (Phi) is 4.90. The molecule has 0 radical (unpaired) electrons. The molecule has 0 fully saturated rings. The number of halogens is 1. The van der Waals surface area contributed by atoms with Crippen molar-refractivity contribution in [2.24, 2.45) is 0 Å². The summed E-state index contributed by atoms with van der Waals surface area (Å²) >= 11 is 3.31. The van der Waals surface area contributed by atoms with E-state index in [0.29, 0.717) is 11.6 Å². The van der Waals surface area contributed by atoms with Crippen LogP contribution in [0.5, 0.6) is 0 Å². The van der Waals surface area contributed by atoms with Crippen LogP contribution in [0.4, 0.5) is 5.69 Å². The Bertz CT molecular complexity index is 596. The maximum absolute atomic E-state index is 12.2. The van der Waals surface area contributed by atoms with Gasteiger partial charge in [0, 0.05) is 16.4 Å². The number of amides is 1. The van der Waals surface area contributed by atoms with Gasteiger partial charge in [0.05, 0.1) is 0 Å². The molecule has 2 rings (SSSR count). The van der Waals surface area contributed by atoms with Crippen LogP contribution in [0.25, 0.3) is 0 Å². The Morgan fingerprint density at radius 3 is 2.70 bits per heavy atom. The summed E-state index contributed by atoms with van der Waals surface area (Å²) in [6.07, 6.45) is 2.65. The van der Waals surface area contributed by atoms with Gasteiger partial charge < -0.3 is 5.32 Å². The molecule has 1 N–H and O–H groups in total. The molecular formula is C16H17BrN2O. The number of para-hydroxylation sites is 1. The van der Waals surface area contributed by atoms with Gasteiger partial charge in [-0.3, -0.25) is 4.79 Å². The summed E-state index contributed by atoms with van der Waals surface area (Å²) in [5.41, 5.74) is 2.42. The van der Waals surface area contributed by atoms with Crippen LogP contribution in [-0.2, 0) is 0 Å². The predicted molar refractivity (Wildman–Crippen MR) is 85.0 cm³/mol. The zero-order chi connectivity index (χ0) is 14.5. The molecule has 0 aliphatic heterocycles. The van der Waals surface area contributed by atoms with Crippen LogP contribution in [-0.4, -0.2) is 10.9 Å². The van der Waals surface area contributed by atoms with Crippen molar-refractivity contribution in [3.05, 3.63) is 58.3 Å². The number of pyridine rings is 1. The molecular weight excluding hydrogens is 316 g/mol. The number of aromatic nitrogens is 1. The van der Waals surface area contributed by atoms with E-state index in [1.54, 1.807) is 12.3 Å². The third-order valence-electron chi connectivity index (χ3n) is 3.31. The van der Waals surface area contributed by atoms with Crippen molar-refractivity contribution in [3.8, 4) is 0 Å². The van der Waals surface area contributed by atoms with E-state index < -0.39 is 0 Å². The monoisotopic (exact) mass is 332 g/mol. The smallest absolute Gasteiger partial charge is 0.274 e. The summed E-state index contributed by atoms with van der Waals surface area (Å²) in [5.74, 6) is 0.220. The zero-order valence-corrected chi connectivity index (χ0v) is 13.1. The number of hydrogen-bond acceptors (Lipinski definition) is 2. The van der Waals surface area contributed by atoms with Gasteiger partial charge in [-0.2, -0.15) is 0 Å². The van der Waals surface area contributed by atoms with Gasteiger partial charge in [-0.05, 0) is 52.0 Å². The minimum Gasteiger partial charge on any atom is -0.320 e. The van der Waals surface area contributed by atoms with Crippen molar-refractivity contribution in [3.63, 3.8) is 0 Å². The number of carbonyl (C=O) groups excluding carboxylic acids is 1. The molecule has 0 saturated carbocycles. The Morgan fingerprint density at radius 2 is 2.05 bits per heavy atom. The van der Waals surface area contributed by atoms with Crippen molar-refractivity contribution in [2.75, 3.05) is 5.32 Å². The van der Waals surface area contributed by atoms with E-state index >= 15 is 0 Å². The molecule has 1 atom stereocenters. The molecule has 20 heavy (non-hydrogen) atoms. The minimum atomic E-state index is -0.187. The van der Waals surface area contributed by atoms with Crippen LogP contribution in [0.3, 0.4) is 0 Å². The highest BCUT2D eigenvalue weighted by atomic mass is 79.9. The van der Waals surface area contributed by atoms with Crippen molar-refractivity contribution in [1.29, 1.82) is 0 Å². The summed E-state index contributed by atoms with van der Waals surface area (Å²) in [4.78, 5) is 16.3. The topological polar surface area (TPSA) is 42.0 Å². The van der Waals surface area contributed by atoms with Crippen LogP contribution in [0.15, 0.2) is 47.1 Å². The lowest BCUT2D eigenvalue weighted by Gasteiger charge is -2.15. The minimum absolute atomic E-state index is 0.187. The number of carbonyl (C=O) groups is 1. The average Bonchev–Trinajstić information content (AvgIpc) is 2.47. The molecule has 1 unspecified atom stereocenters. The van der Waals surface area contributed by atoms with E-state index in [-0.39, 0.29) is 5.91 Å². The van der Waals surface area contributed by atoms with Crippen LogP contribution in [0.2, 0.25) is 0 Å². The Balaban J connectivity index is 2.21. The normalized spacial score (nSPS) is 11.9. The third kappa shape index (κ3) is 3.45. The molecule has 0 aliphatic carbocycles. The fourth-order valence-electron chi connectivity index (χ4n) is 1.96. The zero-order valence-electron chi connectivity index (χ0n) is 11.6. The maximum Gasteiger partial charge on any atom is 0.274 e. The van der Waals surface area contributed by atoms with E-state index in [2.05, 4.69) is 46.1 Å². The molecule has 1 aromatic carbocycles. The first-order chi connectivity index (χ1) is 9.61. The highest BCUT2D eigenvalue weighted by Gasteiger charge is 2.12. The number of rotatable bonds is 4. The molecule has 3 nitrogen and oxygen atoms in total. The third-order valence-corrected chi connectivity index (χ3v) is 3.78. The average molecular weight is 333 g/mol. The van der Waals surface area contributed by atoms with E-state index in [0.717, 1.165) is 22.1 Å². The molecule has 1 heterocycles. The number of anilines is 1. The Hall–Kier alpha value is -1.68. The largest absolute Gasteiger partial charge is 0.320 e. The fourth-order valence-corrected chi connectivity index (χ4v) is 2.19. The van der Waals surface area contributed by atoms with Gasteiger partial charge >= 0.3 is 0 Å². The van der Waals surface area contributed by atoms with Gasteiger partial charge in [0.25, 0.3) is 5.91 Å². The second-order valence-electron chi connectivity index (χ2n) is 4.71. The second kappa shape index (κ2) is 6.66. The SMILES string of the molecule is CCC(C)c1ccccc1NC(=O)c1ccc(Br)cn1. The van der Waals surface area contributed by atoms with Crippen LogP contribution in [0.1, 0.15) is 42.2 Å². The summed E-state index contributed by atoms with van der Waals surface area (Å²) in [6, 6.07) is 11.4. The fraction of sp³-hybridized carbons (Fsp3) is 0.250. The molecule has 2 aromatic rings. The molecule has 1 aromatic heterocycles. The van der Waals surface area contributed by atoms with E-state index in [1.807, 2.05) is 24.3 Å². The van der Waals surface area contributed by atoms with Gasteiger partial charge in [0.15, 0.2) is 0 Å². The van der Waals surface area contributed by atoms with Crippen LogP contribution in [0, 0.1) is 0 Å². The highest BCUT2D eigenvalue weighted by Crippen LogP contribution is 2.26. The van der Waals surface area contributed by atoms with E-state index in [9.17, 15) is 4.79 Å². The van der Waals surface area contributed by atoms with Gasteiger partial charge in [-0.15, -0.1) is 0 Å². The maximum atomic E-state index is 12.2. The van der Waals surface area contributed by atoms with Crippen molar-refractivity contribution in [2.45, 2.75) is 26.2 Å². The number of hydrogen-bond donors (Lipinski definition) is 1. The molecule has 0 aliphatic rings. The van der Waals surface area contributed by atoms with Crippen molar-refractivity contribution >= 4 is 27.5 Å². The summed E-state index contributed by atoms with van der Waals surface area (Å²) in [7, 11) is 0. The van der Waals surface area contributed by atoms with Crippen molar-refractivity contribution in [1.82, 2.24) is 4.98 Å². The number of benzene rings is 1. The molecule has 4 heteroatoms. The van der Waals surface area contributed by atoms with Crippen LogP contribution >= 0.6 is 15.9 Å². The first-order valence-electron chi connectivity index (χ1n) is 6.63. The van der Waals surface area contributed by atoms with E-state index in [1.165, 1.54) is 0 Å². The predicted octanol–water partition coefficient (Wildman–Crippen LogP) is 4.61. The Morgan fingerprint density at radius 1 is 1.30 bits per heavy atom. The quantitative estimate of drug-likeness (QED) is 0.888. The first-order valence-corrected chi connectivity index (χ1v) is 7.43. The lowest BCUT2D eigenvalue weighted by Crippen LogP contribution is -2.15. The molecule has 0 spiro atoms.